The van der Waals surface area contributed by atoms with Gasteiger partial charge < -0.3 is 20.0 Å². The van der Waals surface area contributed by atoms with Crippen molar-refractivity contribution >= 4 is 22.8 Å². The van der Waals surface area contributed by atoms with Crippen molar-refractivity contribution in [2.45, 2.75) is 18.9 Å². The summed E-state index contributed by atoms with van der Waals surface area (Å²) in [4.78, 5) is 9.03. The Morgan fingerprint density at radius 2 is 2.05 bits per heavy atom. The van der Waals surface area contributed by atoms with Crippen molar-refractivity contribution in [3.63, 3.8) is 0 Å². The number of anilines is 2. The summed E-state index contributed by atoms with van der Waals surface area (Å²) >= 11 is 0. The number of nitrogens with zero attached hydrogens (tertiary/aromatic N) is 3. The van der Waals surface area contributed by atoms with E-state index in [1.54, 1.807) is 0 Å². The normalized spacial score (nSPS) is 17.5. The smallest absolute Gasteiger partial charge is 0.298 e. The highest BCUT2D eigenvalue weighted by atomic mass is 16.4. The third-order valence-electron chi connectivity index (χ3n) is 3.90. The largest absolute Gasteiger partial charge is 0.423 e. The summed E-state index contributed by atoms with van der Waals surface area (Å²) in [6, 6.07) is 7.02. The predicted octanol–water partition coefficient (Wildman–Crippen LogP) is 1.94. The van der Waals surface area contributed by atoms with Crippen LogP contribution in [0.15, 0.2) is 22.6 Å². The second kappa shape index (κ2) is 4.74. The van der Waals surface area contributed by atoms with Gasteiger partial charge in [-0.05, 0) is 39.1 Å². The second-order valence-corrected chi connectivity index (χ2v) is 5.37. The molecular formula is C14H20N4O. The molecule has 0 atom stereocenters. The average Bonchev–Trinajstić information content (AvgIpc) is 2.84. The van der Waals surface area contributed by atoms with Crippen LogP contribution in [-0.2, 0) is 0 Å². The number of para-hydroxylation sites is 1. The monoisotopic (exact) mass is 260 g/mol. The Morgan fingerprint density at radius 1 is 1.32 bits per heavy atom. The molecule has 3 rings (SSSR count). The average molecular weight is 260 g/mol. The molecule has 2 aromatic rings. The number of rotatable bonds is 2. The van der Waals surface area contributed by atoms with Crippen LogP contribution in [0.25, 0.3) is 11.1 Å². The number of benzene rings is 1. The summed E-state index contributed by atoms with van der Waals surface area (Å²) in [5, 5.41) is 0. The van der Waals surface area contributed by atoms with Crippen LogP contribution in [0.5, 0.6) is 0 Å². The summed E-state index contributed by atoms with van der Waals surface area (Å²) in [6.07, 6.45) is 2.28. The molecule has 19 heavy (non-hydrogen) atoms. The third-order valence-corrected chi connectivity index (χ3v) is 3.90. The van der Waals surface area contributed by atoms with Gasteiger partial charge in [0, 0.05) is 19.1 Å². The van der Waals surface area contributed by atoms with Crippen molar-refractivity contribution in [3.8, 4) is 0 Å². The van der Waals surface area contributed by atoms with Crippen molar-refractivity contribution in [2.24, 2.45) is 0 Å². The Morgan fingerprint density at radius 3 is 2.68 bits per heavy atom. The van der Waals surface area contributed by atoms with E-state index in [-0.39, 0.29) is 0 Å². The summed E-state index contributed by atoms with van der Waals surface area (Å²) in [6.45, 7) is 1.96. The molecule has 0 bridgehead atoms. The molecule has 1 aliphatic rings. The molecule has 0 saturated carbocycles. The Labute approximate surface area is 113 Å². The number of aromatic nitrogens is 1. The van der Waals surface area contributed by atoms with Crippen LogP contribution >= 0.6 is 0 Å². The quantitative estimate of drug-likeness (QED) is 0.836. The molecule has 1 aromatic heterocycles. The minimum Gasteiger partial charge on any atom is -0.423 e. The van der Waals surface area contributed by atoms with Crippen molar-refractivity contribution in [1.29, 1.82) is 0 Å². The standard InChI is InChI=1S/C14H20N4O/c1-17(2)10-6-8-18(9-7-10)14-16-13-11(15)4-3-5-12(13)19-14/h3-5,10H,6-9,15H2,1-2H3. The number of nitrogen functional groups attached to an aromatic ring is 1. The van der Waals surface area contributed by atoms with Gasteiger partial charge in [0.05, 0.1) is 5.69 Å². The maximum absolute atomic E-state index is 5.91. The second-order valence-electron chi connectivity index (χ2n) is 5.37. The van der Waals surface area contributed by atoms with E-state index in [0.717, 1.165) is 37.0 Å². The van der Waals surface area contributed by atoms with Gasteiger partial charge in [0.1, 0.15) is 5.52 Å². The van der Waals surface area contributed by atoms with Gasteiger partial charge in [0.25, 0.3) is 6.01 Å². The predicted molar refractivity (Wildman–Crippen MR) is 77.3 cm³/mol. The molecule has 1 aliphatic heterocycles. The van der Waals surface area contributed by atoms with Crippen molar-refractivity contribution < 1.29 is 4.42 Å². The van der Waals surface area contributed by atoms with Gasteiger partial charge in [-0.3, -0.25) is 0 Å². The Kier molecular flexibility index (Phi) is 3.06. The SMILES string of the molecule is CN(C)C1CCN(c2nc3c(N)cccc3o2)CC1. The molecule has 2 N–H and O–H groups in total. The number of nitrogens with two attached hydrogens (primary N) is 1. The molecule has 1 aromatic carbocycles. The maximum Gasteiger partial charge on any atom is 0.298 e. The summed E-state index contributed by atoms with van der Waals surface area (Å²) in [5.41, 5.74) is 8.13. The number of oxazole rings is 1. The highest BCUT2D eigenvalue weighted by Crippen LogP contribution is 2.28. The lowest BCUT2D eigenvalue weighted by molar-refractivity contribution is 0.247. The van der Waals surface area contributed by atoms with E-state index < -0.39 is 0 Å². The molecule has 5 nitrogen and oxygen atoms in total. The van der Waals surface area contributed by atoms with E-state index in [2.05, 4.69) is 28.9 Å². The zero-order chi connectivity index (χ0) is 13.4. The molecule has 1 saturated heterocycles. The highest BCUT2D eigenvalue weighted by molar-refractivity contribution is 5.86. The van der Waals surface area contributed by atoms with Crippen LogP contribution in [0.4, 0.5) is 11.7 Å². The highest BCUT2D eigenvalue weighted by Gasteiger charge is 2.23. The zero-order valence-corrected chi connectivity index (χ0v) is 11.5. The lowest BCUT2D eigenvalue weighted by Gasteiger charge is -2.34. The first-order valence-corrected chi connectivity index (χ1v) is 6.71. The molecule has 0 amide bonds. The zero-order valence-electron chi connectivity index (χ0n) is 11.5. The number of hydrogen-bond donors (Lipinski definition) is 1. The summed E-state index contributed by atoms with van der Waals surface area (Å²) in [5.74, 6) is 0. The minimum atomic E-state index is 0.658. The first kappa shape index (κ1) is 12.3. The van der Waals surface area contributed by atoms with Crippen LogP contribution in [0.2, 0.25) is 0 Å². The number of fused-ring (bicyclic) bond motifs is 1. The van der Waals surface area contributed by atoms with Gasteiger partial charge in [-0.2, -0.15) is 4.98 Å². The Hall–Kier alpha value is -1.75. The van der Waals surface area contributed by atoms with E-state index in [0.29, 0.717) is 17.7 Å². The summed E-state index contributed by atoms with van der Waals surface area (Å²) in [7, 11) is 4.28. The fraction of sp³-hybridized carbons (Fsp3) is 0.500. The van der Waals surface area contributed by atoms with Crippen molar-refractivity contribution in [2.75, 3.05) is 37.8 Å². The van der Waals surface area contributed by atoms with Gasteiger partial charge in [0.15, 0.2) is 5.58 Å². The molecule has 0 spiro atoms. The van der Waals surface area contributed by atoms with E-state index in [1.807, 2.05) is 18.2 Å². The molecule has 1 fully saturated rings. The van der Waals surface area contributed by atoms with Crippen LogP contribution in [0, 0.1) is 0 Å². The number of piperidine rings is 1. The van der Waals surface area contributed by atoms with Crippen LogP contribution < -0.4 is 10.6 Å². The van der Waals surface area contributed by atoms with E-state index >= 15 is 0 Å². The fourth-order valence-corrected chi connectivity index (χ4v) is 2.67. The van der Waals surface area contributed by atoms with Crippen LogP contribution in [0.1, 0.15) is 12.8 Å². The molecule has 102 valence electrons. The first-order chi connectivity index (χ1) is 9.15. The van der Waals surface area contributed by atoms with Crippen LogP contribution in [0.3, 0.4) is 0 Å². The molecule has 0 unspecified atom stereocenters. The minimum absolute atomic E-state index is 0.658. The van der Waals surface area contributed by atoms with E-state index in [4.69, 9.17) is 10.2 Å². The van der Waals surface area contributed by atoms with Crippen LogP contribution in [-0.4, -0.2) is 43.1 Å². The van der Waals surface area contributed by atoms with Gasteiger partial charge >= 0.3 is 0 Å². The molecule has 0 radical (unpaired) electrons. The van der Waals surface area contributed by atoms with Gasteiger partial charge in [-0.1, -0.05) is 6.07 Å². The number of hydrogen-bond acceptors (Lipinski definition) is 5. The van der Waals surface area contributed by atoms with E-state index in [9.17, 15) is 0 Å². The molecular weight excluding hydrogens is 240 g/mol. The third kappa shape index (κ3) is 2.26. The Bertz CT molecular complexity index is 570. The lowest BCUT2D eigenvalue weighted by Crippen LogP contribution is -2.42. The molecule has 5 heteroatoms. The molecule has 0 aliphatic carbocycles. The molecule has 2 heterocycles. The lowest BCUT2D eigenvalue weighted by atomic mass is 10.0. The summed E-state index contributed by atoms with van der Waals surface area (Å²) < 4.78 is 5.81. The first-order valence-electron chi connectivity index (χ1n) is 6.71. The van der Waals surface area contributed by atoms with Crippen molar-refractivity contribution in [3.05, 3.63) is 18.2 Å². The van der Waals surface area contributed by atoms with Gasteiger partial charge in [0.2, 0.25) is 0 Å². The fourth-order valence-electron chi connectivity index (χ4n) is 2.67. The Balaban J connectivity index is 1.80. The van der Waals surface area contributed by atoms with Crippen molar-refractivity contribution in [1.82, 2.24) is 9.88 Å². The van der Waals surface area contributed by atoms with Gasteiger partial charge in [-0.25, -0.2) is 0 Å². The van der Waals surface area contributed by atoms with E-state index in [1.165, 1.54) is 0 Å². The topological polar surface area (TPSA) is 58.5 Å². The maximum atomic E-state index is 5.91. The van der Waals surface area contributed by atoms with Gasteiger partial charge in [-0.15, -0.1) is 0 Å².